The number of hydrogen-bond acceptors (Lipinski definition) is 6. The molecule has 3 heterocycles. The number of amides is 2. The number of thioether (sulfide) groups is 1. The summed E-state index contributed by atoms with van der Waals surface area (Å²) in [5.41, 5.74) is 7.84. The number of carbonyl (C=O) groups excluding carboxylic acids is 2. The lowest BCUT2D eigenvalue weighted by Crippen LogP contribution is -2.42. The van der Waals surface area contributed by atoms with E-state index in [-0.39, 0.29) is 23.5 Å². The number of carbonyl (C=O) groups is 2. The second kappa shape index (κ2) is 8.58. The normalized spacial score (nSPS) is 14.8. The van der Waals surface area contributed by atoms with Gasteiger partial charge < -0.3 is 10.6 Å². The molecule has 0 saturated carbocycles. The molecule has 5 rings (SSSR count). The van der Waals surface area contributed by atoms with Crippen LogP contribution in [0, 0.1) is 5.92 Å². The third-order valence-corrected chi connectivity index (χ3v) is 6.67. The Labute approximate surface area is 188 Å². The number of benzene rings is 2. The molecule has 2 aromatic heterocycles. The van der Waals surface area contributed by atoms with Crippen molar-refractivity contribution in [2.24, 2.45) is 11.7 Å². The van der Waals surface area contributed by atoms with Crippen LogP contribution >= 0.6 is 11.8 Å². The second-order valence-electron chi connectivity index (χ2n) is 7.79. The van der Waals surface area contributed by atoms with E-state index in [1.807, 2.05) is 54.6 Å². The van der Waals surface area contributed by atoms with Crippen LogP contribution in [-0.4, -0.2) is 55.1 Å². The number of nitrogens with zero attached hydrogens (tertiary/aromatic N) is 5. The van der Waals surface area contributed by atoms with Crippen molar-refractivity contribution in [2.45, 2.75) is 18.0 Å². The third-order valence-electron chi connectivity index (χ3n) is 5.76. The van der Waals surface area contributed by atoms with Crippen molar-refractivity contribution in [2.75, 3.05) is 18.8 Å². The molecule has 2 N–H and O–H groups in total. The van der Waals surface area contributed by atoms with Gasteiger partial charge in [-0.05, 0) is 25.0 Å². The summed E-state index contributed by atoms with van der Waals surface area (Å²) in [6.07, 6.45) is 1.24. The van der Waals surface area contributed by atoms with E-state index in [0.29, 0.717) is 42.6 Å². The molecule has 2 amide bonds. The first-order chi connectivity index (χ1) is 15.6. The van der Waals surface area contributed by atoms with Gasteiger partial charge in [-0.25, -0.2) is 9.97 Å². The Hall–Kier alpha value is -3.46. The van der Waals surface area contributed by atoms with Gasteiger partial charge in [0.15, 0.2) is 16.6 Å². The summed E-state index contributed by atoms with van der Waals surface area (Å²) in [4.78, 5) is 35.5. The van der Waals surface area contributed by atoms with E-state index < -0.39 is 0 Å². The van der Waals surface area contributed by atoms with E-state index in [1.165, 1.54) is 11.8 Å². The molecule has 1 aliphatic heterocycles. The molecule has 0 spiro atoms. The number of primary amides is 1. The van der Waals surface area contributed by atoms with Crippen molar-refractivity contribution in [3.63, 3.8) is 0 Å². The standard InChI is InChI=1S/C23H22N6O2S/c24-20(31)15-10-12-28(13-11-15)19(30)14-32-23-25-18-9-5-4-8-17(18)22-26-21(27-29(22)23)16-6-2-1-3-7-16/h1-9,15H,10-14H2,(H2,24,31). The maximum absolute atomic E-state index is 12.8. The summed E-state index contributed by atoms with van der Waals surface area (Å²) in [7, 11) is 0. The van der Waals surface area contributed by atoms with Crippen molar-refractivity contribution in [3.8, 4) is 11.4 Å². The zero-order valence-electron chi connectivity index (χ0n) is 17.3. The van der Waals surface area contributed by atoms with Gasteiger partial charge in [-0.15, -0.1) is 5.10 Å². The van der Waals surface area contributed by atoms with Gasteiger partial charge in [0, 0.05) is 30.0 Å². The zero-order chi connectivity index (χ0) is 22.1. The monoisotopic (exact) mass is 446 g/mol. The molecule has 0 radical (unpaired) electrons. The van der Waals surface area contributed by atoms with Crippen LogP contribution in [0.3, 0.4) is 0 Å². The van der Waals surface area contributed by atoms with Crippen LogP contribution in [0.2, 0.25) is 0 Å². The summed E-state index contributed by atoms with van der Waals surface area (Å²) in [6, 6.07) is 17.6. The molecular formula is C23H22N6O2S. The van der Waals surface area contributed by atoms with Crippen molar-refractivity contribution >= 4 is 40.1 Å². The van der Waals surface area contributed by atoms with Gasteiger partial charge >= 0.3 is 0 Å². The van der Waals surface area contributed by atoms with Crippen molar-refractivity contribution in [1.29, 1.82) is 0 Å². The fourth-order valence-electron chi connectivity index (χ4n) is 3.96. The molecule has 1 saturated heterocycles. The lowest BCUT2D eigenvalue weighted by Gasteiger charge is -2.30. The fourth-order valence-corrected chi connectivity index (χ4v) is 4.81. The minimum atomic E-state index is -0.283. The van der Waals surface area contributed by atoms with Crippen LogP contribution in [0.15, 0.2) is 59.8 Å². The first-order valence-electron chi connectivity index (χ1n) is 10.5. The molecule has 2 aromatic carbocycles. The largest absolute Gasteiger partial charge is 0.369 e. The van der Waals surface area contributed by atoms with E-state index >= 15 is 0 Å². The lowest BCUT2D eigenvalue weighted by molar-refractivity contribution is -0.132. The molecule has 0 unspecified atom stereocenters. The highest BCUT2D eigenvalue weighted by Crippen LogP contribution is 2.27. The van der Waals surface area contributed by atoms with Gasteiger partial charge in [-0.1, -0.05) is 54.2 Å². The maximum atomic E-state index is 12.8. The highest BCUT2D eigenvalue weighted by molar-refractivity contribution is 7.99. The van der Waals surface area contributed by atoms with E-state index in [4.69, 9.17) is 20.8 Å². The molecule has 0 bridgehead atoms. The average molecular weight is 447 g/mol. The predicted octanol–water partition coefficient (Wildman–Crippen LogP) is 2.76. The number of para-hydroxylation sites is 1. The molecule has 0 atom stereocenters. The number of nitrogens with two attached hydrogens (primary N) is 1. The first kappa shape index (κ1) is 20.4. The minimum absolute atomic E-state index is 0.0180. The van der Waals surface area contributed by atoms with Gasteiger partial charge in [-0.2, -0.15) is 4.52 Å². The van der Waals surface area contributed by atoms with Crippen molar-refractivity contribution in [3.05, 3.63) is 54.6 Å². The highest BCUT2D eigenvalue weighted by Gasteiger charge is 2.26. The summed E-state index contributed by atoms with van der Waals surface area (Å²) < 4.78 is 1.72. The Kier molecular flexibility index (Phi) is 5.48. The summed E-state index contributed by atoms with van der Waals surface area (Å²) in [5.74, 6) is 0.451. The number of rotatable bonds is 5. The lowest BCUT2D eigenvalue weighted by atomic mass is 9.96. The van der Waals surface area contributed by atoms with E-state index in [1.54, 1.807) is 9.42 Å². The predicted molar refractivity (Wildman–Crippen MR) is 123 cm³/mol. The van der Waals surface area contributed by atoms with E-state index in [2.05, 4.69) is 0 Å². The van der Waals surface area contributed by atoms with Gasteiger partial charge in [0.1, 0.15) is 0 Å². The Balaban J connectivity index is 1.42. The molecule has 4 aromatic rings. The number of hydrogen-bond donors (Lipinski definition) is 1. The van der Waals surface area contributed by atoms with Gasteiger partial charge in [0.25, 0.3) is 0 Å². The fraction of sp³-hybridized carbons (Fsp3) is 0.261. The van der Waals surface area contributed by atoms with Crippen molar-refractivity contribution in [1.82, 2.24) is 24.5 Å². The molecule has 162 valence electrons. The topological polar surface area (TPSA) is 106 Å². The summed E-state index contributed by atoms with van der Waals surface area (Å²) in [5, 5.41) is 6.23. The number of fused-ring (bicyclic) bond motifs is 3. The highest BCUT2D eigenvalue weighted by atomic mass is 32.2. The molecule has 8 nitrogen and oxygen atoms in total. The number of piperidine rings is 1. The maximum Gasteiger partial charge on any atom is 0.233 e. The smallest absolute Gasteiger partial charge is 0.233 e. The van der Waals surface area contributed by atoms with E-state index in [0.717, 1.165) is 16.5 Å². The molecule has 9 heteroatoms. The van der Waals surface area contributed by atoms with Crippen LogP contribution in [0.25, 0.3) is 27.9 Å². The van der Waals surface area contributed by atoms with Crippen molar-refractivity contribution < 1.29 is 9.59 Å². The quantitative estimate of drug-likeness (QED) is 0.373. The first-order valence-corrected chi connectivity index (χ1v) is 11.5. The zero-order valence-corrected chi connectivity index (χ0v) is 18.2. The van der Waals surface area contributed by atoms with E-state index in [9.17, 15) is 9.59 Å². The van der Waals surface area contributed by atoms with Crippen LogP contribution in [-0.2, 0) is 9.59 Å². The minimum Gasteiger partial charge on any atom is -0.369 e. The van der Waals surface area contributed by atoms with Gasteiger partial charge in [0.2, 0.25) is 11.8 Å². The Morgan fingerprint density at radius 3 is 2.47 bits per heavy atom. The molecule has 1 fully saturated rings. The van der Waals surface area contributed by atoms with Crippen LogP contribution in [0.1, 0.15) is 12.8 Å². The average Bonchev–Trinajstić information content (AvgIpc) is 3.29. The SMILES string of the molecule is NC(=O)C1CCN(C(=O)CSc2nc3ccccc3c3nc(-c4ccccc4)nn23)CC1. The summed E-state index contributed by atoms with van der Waals surface area (Å²) >= 11 is 1.35. The summed E-state index contributed by atoms with van der Waals surface area (Å²) in [6.45, 7) is 1.10. The van der Waals surface area contributed by atoms with Crippen LogP contribution in [0.5, 0.6) is 0 Å². The number of likely N-dealkylation sites (tertiary alicyclic amines) is 1. The Morgan fingerprint density at radius 2 is 1.72 bits per heavy atom. The Bertz CT molecular complexity index is 1300. The molecular weight excluding hydrogens is 424 g/mol. The van der Waals surface area contributed by atoms with Crippen LogP contribution < -0.4 is 5.73 Å². The van der Waals surface area contributed by atoms with Gasteiger partial charge in [0.05, 0.1) is 11.3 Å². The molecule has 0 aliphatic carbocycles. The van der Waals surface area contributed by atoms with Crippen LogP contribution in [0.4, 0.5) is 0 Å². The molecule has 1 aliphatic rings. The third kappa shape index (κ3) is 3.91. The second-order valence-corrected chi connectivity index (χ2v) is 8.74. The van der Waals surface area contributed by atoms with Gasteiger partial charge in [-0.3, -0.25) is 9.59 Å². The Morgan fingerprint density at radius 1 is 1.00 bits per heavy atom. The number of aromatic nitrogens is 4. The molecule has 32 heavy (non-hydrogen) atoms.